The van der Waals surface area contributed by atoms with Gasteiger partial charge in [0.05, 0.1) is 6.04 Å². The molecule has 0 aliphatic rings. The van der Waals surface area contributed by atoms with Crippen molar-refractivity contribution in [3.05, 3.63) is 54.4 Å². The Morgan fingerprint density at radius 2 is 1.81 bits per heavy atom. The molecule has 0 fully saturated rings. The van der Waals surface area contributed by atoms with Gasteiger partial charge in [-0.15, -0.1) is 0 Å². The van der Waals surface area contributed by atoms with Crippen LogP contribution in [0, 0.1) is 0 Å². The van der Waals surface area contributed by atoms with Gasteiger partial charge in [-0.2, -0.15) is 0 Å². The van der Waals surface area contributed by atoms with E-state index in [1.54, 1.807) is 24.8 Å². The van der Waals surface area contributed by atoms with E-state index in [2.05, 4.69) is 20.4 Å². The monoisotopic (exact) mass is 215 g/mol. The van der Waals surface area contributed by atoms with E-state index in [1.807, 2.05) is 12.1 Å². The van der Waals surface area contributed by atoms with Gasteiger partial charge in [0.15, 0.2) is 0 Å². The van der Waals surface area contributed by atoms with Gasteiger partial charge in [0, 0.05) is 30.4 Å². The van der Waals surface area contributed by atoms with E-state index in [4.69, 9.17) is 5.84 Å². The minimum absolute atomic E-state index is 0.0172. The molecule has 0 spiro atoms. The van der Waals surface area contributed by atoms with Crippen molar-refractivity contribution in [3.8, 4) is 0 Å². The number of nitrogens with zero attached hydrogens (tertiary/aromatic N) is 3. The Hall–Kier alpha value is -1.85. The maximum Gasteiger partial charge on any atom is 0.115 e. The van der Waals surface area contributed by atoms with Gasteiger partial charge in [0.1, 0.15) is 6.33 Å². The molecule has 1 atom stereocenters. The third kappa shape index (κ3) is 2.59. The lowest BCUT2D eigenvalue weighted by Crippen LogP contribution is -2.29. The van der Waals surface area contributed by atoms with Crippen LogP contribution >= 0.6 is 0 Å². The molecule has 0 aromatic carbocycles. The zero-order chi connectivity index (χ0) is 11.2. The number of rotatable bonds is 4. The highest BCUT2D eigenvalue weighted by atomic mass is 15.2. The fourth-order valence-corrected chi connectivity index (χ4v) is 1.52. The van der Waals surface area contributed by atoms with Gasteiger partial charge in [-0.3, -0.25) is 16.3 Å². The molecule has 0 saturated heterocycles. The number of pyridine rings is 1. The molecule has 0 aliphatic heterocycles. The Morgan fingerprint density at radius 1 is 1.12 bits per heavy atom. The van der Waals surface area contributed by atoms with Gasteiger partial charge < -0.3 is 0 Å². The fourth-order valence-electron chi connectivity index (χ4n) is 1.52. The van der Waals surface area contributed by atoms with Crippen LogP contribution in [0.15, 0.2) is 43.2 Å². The summed E-state index contributed by atoms with van der Waals surface area (Å²) < 4.78 is 0. The number of hydrazine groups is 1. The molecule has 5 nitrogen and oxygen atoms in total. The van der Waals surface area contributed by atoms with Crippen molar-refractivity contribution in [3.63, 3.8) is 0 Å². The summed E-state index contributed by atoms with van der Waals surface area (Å²) in [7, 11) is 0. The smallest absolute Gasteiger partial charge is 0.115 e. The van der Waals surface area contributed by atoms with Gasteiger partial charge >= 0.3 is 0 Å². The van der Waals surface area contributed by atoms with Crippen LogP contribution in [0.4, 0.5) is 0 Å². The minimum Gasteiger partial charge on any atom is -0.271 e. The molecule has 2 heterocycles. The molecular formula is C11H13N5. The first-order chi connectivity index (χ1) is 7.90. The average molecular weight is 215 g/mol. The lowest BCUT2D eigenvalue weighted by atomic mass is 10.0. The number of hydrogen-bond acceptors (Lipinski definition) is 5. The van der Waals surface area contributed by atoms with Gasteiger partial charge in [0.25, 0.3) is 0 Å². The Labute approximate surface area is 93.7 Å². The first kappa shape index (κ1) is 10.7. The highest BCUT2D eigenvalue weighted by Gasteiger charge is 2.10. The second-order valence-corrected chi connectivity index (χ2v) is 3.45. The average Bonchev–Trinajstić information content (AvgIpc) is 2.38. The summed E-state index contributed by atoms with van der Waals surface area (Å²) in [4.78, 5) is 11.9. The van der Waals surface area contributed by atoms with Crippen molar-refractivity contribution in [1.29, 1.82) is 0 Å². The molecular weight excluding hydrogens is 202 g/mol. The highest BCUT2D eigenvalue weighted by molar-refractivity contribution is 5.17. The van der Waals surface area contributed by atoms with Crippen molar-refractivity contribution >= 4 is 0 Å². The molecule has 2 rings (SSSR count). The summed E-state index contributed by atoms with van der Waals surface area (Å²) in [5.74, 6) is 5.53. The first-order valence-electron chi connectivity index (χ1n) is 5.00. The van der Waals surface area contributed by atoms with Gasteiger partial charge in [-0.25, -0.2) is 9.97 Å². The predicted octanol–water partition coefficient (Wildman–Crippen LogP) is 0.619. The van der Waals surface area contributed by atoms with E-state index in [9.17, 15) is 0 Å². The Kier molecular flexibility index (Phi) is 3.53. The Balaban J connectivity index is 2.13. The topological polar surface area (TPSA) is 76.7 Å². The molecule has 2 aromatic heterocycles. The molecule has 0 aliphatic carbocycles. The maximum absolute atomic E-state index is 5.53. The molecule has 3 N–H and O–H groups in total. The molecule has 0 bridgehead atoms. The Morgan fingerprint density at radius 3 is 2.44 bits per heavy atom. The molecule has 2 aromatic rings. The van der Waals surface area contributed by atoms with E-state index >= 15 is 0 Å². The molecule has 1 unspecified atom stereocenters. The van der Waals surface area contributed by atoms with E-state index in [0.29, 0.717) is 0 Å². The zero-order valence-corrected chi connectivity index (χ0v) is 8.74. The summed E-state index contributed by atoms with van der Waals surface area (Å²) in [5.41, 5.74) is 4.91. The lowest BCUT2D eigenvalue weighted by molar-refractivity contribution is 0.548. The number of nitrogens with two attached hydrogens (primary N) is 1. The maximum atomic E-state index is 5.53. The zero-order valence-electron chi connectivity index (χ0n) is 8.74. The molecule has 0 amide bonds. The molecule has 5 heteroatoms. The van der Waals surface area contributed by atoms with Gasteiger partial charge in [-0.05, 0) is 24.1 Å². The minimum atomic E-state index is 0.0172. The summed E-state index contributed by atoms with van der Waals surface area (Å²) in [6, 6.07) is 3.95. The summed E-state index contributed by atoms with van der Waals surface area (Å²) >= 11 is 0. The van der Waals surface area contributed by atoms with Crippen LogP contribution in [0.1, 0.15) is 17.2 Å². The number of aromatic nitrogens is 3. The van der Waals surface area contributed by atoms with Crippen LogP contribution < -0.4 is 11.3 Å². The Bertz CT molecular complexity index is 417. The molecule has 16 heavy (non-hydrogen) atoms. The van der Waals surface area contributed by atoms with E-state index in [1.165, 1.54) is 11.9 Å². The second-order valence-electron chi connectivity index (χ2n) is 3.45. The van der Waals surface area contributed by atoms with Crippen molar-refractivity contribution in [2.24, 2.45) is 5.84 Å². The van der Waals surface area contributed by atoms with Crippen molar-refractivity contribution in [2.75, 3.05) is 0 Å². The van der Waals surface area contributed by atoms with Crippen molar-refractivity contribution in [2.45, 2.75) is 12.5 Å². The van der Waals surface area contributed by atoms with Gasteiger partial charge in [0.2, 0.25) is 0 Å². The molecule has 0 radical (unpaired) electrons. The van der Waals surface area contributed by atoms with Crippen LogP contribution in [-0.4, -0.2) is 15.0 Å². The third-order valence-electron chi connectivity index (χ3n) is 2.37. The van der Waals surface area contributed by atoms with Crippen LogP contribution in [0.5, 0.6) is 0 Å². The molecule has 0 saturated carbocycles. The van der Waals surface area contributed by atoms with E-state index < -0.39 is 0 Å². The van der Waals surface area contributed by atoms with Crippen molar-refractivity contribution < 1.29 is 0 Å². The predicted molar refractivity (Wildman–Crippen MR) is 60.0 cm³/mol. The highest BCUT2D eigenvalue weighted by Crippen LogP contribution is 2.15. The fraction of sp³-hybridized carbons (Fsp3) is 0.182. The number of hydrogen-bond donors (Lipinski definition) is 2. The van der Waals surface area contributed by atoms with Crippen LogP contribution in [-0.2, 0) is 6.42 Å². The molecule has 82 valence electrons. The standard InChI is InChI=1S/C11H13N5/c12-16-11(10-6-14-8-15-7-10)5-9-1-3-13-4-2-9/h1-4,6-8,11,16H,5,12H2. The van der Waals surface area contributed by atoms with Crippen LogP contribution in [0.3, 0.4) is 0 Å². The summed E-state index contributed by atoms with van der Waals surface area (Å²) in [6.45, 7) is 0. The van der Waals surface area contributed by atoms with E-state index in [-0.39, 0.29) is 6.04 Å². The summed E-state index contributed by atoms with van der Waals surface area (Å²) in [6.07, 6.45) is 9.35. The van der Waals surface area contributed by atoms with Gasteiger partial charge in [-0.1, -0.05) is 0 Å². The van der Waals surface area contributed by atoms with Crippen LogP contribution in [0.25, 0.3) is 0 Å². The van der Waals surface area contributed by atoms with Crippen molar-refractivity contribution in [1.82, 2.24) is 20.4 Å². The third-order valence-corrected chi connectivity index (χ3v) is 2.37. The van der Waals surface area contributed by atoms with Crippen LogP contribution in [0.2, 0.25) is 0 Å². The SMILES string of the molecule is NNC(Cc1ccncc1)c1cncnc1. The summed E-state index contributed by atoms with van der Waals surface area (Å²) in [5, 5.41) is 0. The normalized spacial score (nSPS) is 12.3. The largest absolute Gasteiger partial charge is 0.271 e. The van der Waals surface area contributed by atoms with E-state index in [0.717, 1.165) is 12.0 Å². The first-order valence-corrected chi connectivity index (χ1v) is 5.00. The number of nitrogens with one attached hydrogen (secondary N) is 1. The quantitative estimate of drug-likeness (QED) is 0.577. The lowest BCUT2D eigenvalue weighted by Gasteiger charge is -2.15. The second kappa shape index (κ2) is 5.29.